The molecule has 1 aliphatic rings. The number of hydrogen-bond acceptors (Lipinski definition) is 2. The van der Waals surface area contributed by atoms with Gasteiger partial charge in [-0.05, 0) is 6.04 Å². The molecule has 4 heteroatoms. The molecule has 0 aromatic rings. The summed E-state index contributed by atoms with van der Waals surface area (Å²) >= 11 is 0. The van der Waals surface area contributed by atoms with E-state index in [1.165, 1.54) is 42.3 Å². The summed E-state index contributed by atoms with van der Waals surface area (Å²) in [4.78, 5) is 15.9. The molecule has 1 saturated heterocycles. The van der Waals surface area contributed by atoms with Crippen LogP contribution in [0.3, 0.4) is 0 Å². The van der Waals surface area contributed by atoms with Crippen LogP contribution in [0.4, 0.5) is 0 Å². The Morgan fingerprint density at radius 3 is 1.96 bits per heavy atom. The first kappa shape index (κ1) is 23.6. The number of Topliss-reactive ketones (excluding diaryl/α,β-unsaturated/α-hetero) is 1. The fraction of sp³-hybridized carbons (Fsp3) is 0.773. The van der Waals surface area contributed by atoms with Gasteiger partial charge >= 0.3 is 0 Å². The van der Waals surface area contributed by atoms with E-state index in [0.29, 0.717) is 5.78 Å². The molecular weight excluding hydrogens is 350 g/mol. The van der Waals surface area contributed by atoms with Gasteiger partial charge in [0.1, 0.15) is 0 Å². The molecule has 0 spiro atoms. The molecule has 1 heterocycles. The van der Waals surface area contributed by atoms with Crippen molar-refractivity contribution in [3.8, 4) is 0 Å². The van der Waals surface area contributed by atoms with Crippen molar-refractivity contribution >= 4 is 21.9 Å². The summed E-state index contributed by atoms with van der Waals surface area (Å²) in [5.41, 5.74) is 3.65. The molecule has 0 amide bonds. The molecule has 1 aliphatic heterocycles. The Morgan fingerprint density at radius 2 is 1.54 bits per heavy atom. The molecule has 0 saturated carbocycles. The zero-order valence-electron chi connectivity index (χ0n) is 18.4. The lowest BCUT2D eigenvalue weighted by molar-refractivity contribution is -0.121. The van der Waals surface area contributed by atoms with Gasteiger partial charge in [0.05, 0.1) is 16.1 Å². The van der Waals surface area contributed by atoms with Gasteiger partial charge < -0.3 is 0 Å². The Balaban J connectivity index is 3.20. The zero-order valence-corrected chi connectivity index (χ0v) is 20.4. The van der Waals surface area contributed by atoms with Crippen molar-refractivity contribution in [1.82, 2.24) is 4.90 Å². The Morgan fingerprint density at radius 1 is 1.00 bits per heavy atom. The van der Waals surface area contributed by atoms with E-state index >= 15 is 0 Å². The van der Waals surface area contributed by atoms with Crippen LogP contribution in [0.1, 0.15) is 41.5 Å². The number of carbonyl (C=O) groups is 1. The standard InChI is InChI=1S/C22H43NOSi2/c1-8-15-23-16-20(18-25(9-2,10-3)11-4)22(24)21(17-23)19-26(12-5,13-6)14-7/h8,18,21H,1,9-17,19H2,2-7H3/b20-18-. The predicted molar refractivity (Wildman–Crippen MR) is 122 cm³/mol. The molecule has 150 valence electrons. The number of rotatable bonds is 11. The molecule has 0 radical (unpaired) electrons. The smallest absolute Gasteiger partial charge is 0.163 e. The number of likely N-dealkylation sites (tertiary alicyclic amines) is 1. The van der Waals surface area contributed by atoms with E-state index in [0.717, 1.165) is 25.2 Å². The minimum absolute atomic E-state index is 0.221. The van der Waals surface area contributed by atoms with Crippen molar-refractivity contribution in [1.29, 1.82) is 0 Å². The zero-order chi connectivity index (χ0) is 19.8. The van der Waals surface area contributed by atoms with Gasteiger partial charge in [-0.15, -0.1) is 6.58 Å². The molecule has 2 nitrogen and oxygen atoms in total. The van der Waals surface area contributed by atoms with E-state index in [1.54, 1.807) is 0 Å². The second kappa shape index (κ2) is 10.8. The van der Waals surface area contributed by atoms with Crippen LogP contribution in [0.5, 0.6) is 0 Å². The summed E-state index contributed by atoms with van der Waals surface area (Å²) in [6, 6.07) is 8.85. The number of piperidine rings is 1. The van der Waals surface area contributed by atoms with Crippen molar-refractivity contribution in [2.45, 2.75) is 83.9 Å². The molecular formula is C22H43NOSi2. The summed E-state index contributed by atoms with van der Waals surface area (Å²) in [7, 11) is -2.74. The predicted octanol–water partition coefficient (Wildman–Crippen LogP) is 6.16. The highest BCUT2D eigenvalue weighted by molar-refractivity contribution is 6.84. The fourth-order valence-electron chi connectivity index (χ4n) is 4.77. The first-order chi connectivity index (χ1) is 12.4. The molecule has 1 atom stereocenters. The van der Waals surface area contributed by atoms with Gasteiger partial charge in [0.15, 0.2) is 5.78 Å². The van der Waals surface area contributed by atoms with E-state index in [4.69, 9.17) is 0 Å². The third kappa shape index (κ3) is 5.52. The molecule has 0 aliphatic carbocycles. The van der Waals surface area contributed by atoms with Crippen LogP contribution in [0, 0.1) is 5.92 Å². The Bertz CT molecular complexity index is 476. The van der Waals surface area contributed by atoms with Crippen molar-refractivity contribution in [3.63, 3.8) is 0 Å². The molecule has 1 fully saturated rings. The van der Waals surface area contributed by atoms with Gasteiger partial charge in [-0.3, -0.25) is 9.69 Å². The first-order valence-corrected chi connectivity index (χ1v) is 16.5. The first-order valence-electron chi connectivity index (χ1n) is 11.0. The molecule has 1 rings (SSSR count). The lowest BCUT2D eigenvalue weighted by atomic mass is 9.94. The van der Waals surface area contributed by atoms with Gasteiger partial charge in [-0.2, -0.15) is 0 Å². The van der Waals surface area contributed by atoms with Gasteiger partial charge in [0.25, 0.3) is 0 Å². The SMILES string of the molecule is C=CCN1C/C(=C/[Si](CC)(CC)CC)C(=O)C(C[Si](CC)(CC)CC)C1. The summed E-state index contributed by atoms with van der Waals surface area (Å²) in [6.07, 6.45) is 2.00. The van der Waals surface area contributed by atoms with Crippen molar-refractivity contribution in [2.24, 2.45) is 5.92 Å². The third-order valence-corrected chi connectivity index (χ3v) is 18.5. The number of nitrogens with zero attached hydrogens (tertiary/aromatic N) is 1. The maximum absolute atomic E-state index is 13.4. The lowest BCUT2D eigenvalue weighted by Crippen LogP contribution is -2.47. The molecule has 0 aromatic carbocycles. The van der Waals surface area contributed by atoms with E-state index in [-0.39, 0.29) is 5.92 Å². The minimum Gasteiger partial charge on any atom is -0.295 e. The molecule has 26 heavy (non-hydrogen) atoms. The van der Waals surface area contributed by atoms with Gasteiger partial charge in [-0.25, -0.2) is 0 Å². The Hall–Kier alpha value is -0.456. The highest BCUT2D eigenvalue weighted by Gasteiger charge is 2.38. The fourth-order valence-corrected chi connectivity index (χ4v) is 11.6. The van der Waals surface area contributed by atoms with Gasteiger partial charge in [0, 0.05) is 31.1 Å². The van der Waals surface area contributed by atoms with E-state index in [1.807, 2.05) is 6.08 Å². The van der Waals surface area contributed by atoms with E-state index in [2.05, 4.69) is 58.7 Å². The highest BCUT2D eigenvalue weighted by atomic mass is 28.3. The normalized spacial score (nSPS) is 21.4. The topological polar surface area (TPSA) is 20.3 Å². The minimum atomic E-state index is -1.44. The average Bonchev–Trinajstić information content (AvgIpc) is 2.67. The quantitative estimate of drug-likeness (QED) is 0.238. The number of hydrogen-bond donors (Lipinski definition) is 0. The average molecular weight is 394 g/mol. The Kier molecular flexibility index (Phi) is 9.77. The Labute approximate surface area is 165 Å². The third-order valence-electron chi connectivity index (χ3n) is 7.47. The van der Waals surface area contributed by atoms with Crippen LogP contribution < -0.4 is 0 Å². The van der Waals surface area contributed by atoms with Crippen LogP contribution in [-0.4, -0.2) is 46.5 Å². The lowest BCUT2D eigenvalue weighted by Gasteiger charge is -2.39. The summed E-state index contributed by atoms with van der Waals surface area (Å²) in [5, 5.41) is 0. The maximum Gasteiger partial charge on any atom is 0.163 e. The summed E-state index contributed by atoms with van der Waals surface area (Å²) in [5.74, 6) is 0.712. The van der Waals surface area contributed by atoms with Gasteiger partial charge in [-0.1, -0.05) is 89.6 Å². The molecule has 0 aromatic heterocycles. The van der Waals surface area contributed by atoms with Crippen molar-refractivity contribution < 1.29 is 4.79 Å². The van der Waals surface area contributed by atoms with Crippen LogP contribution in [0.2, 0.25) is 42.3 Å². The van der Waals surface area contributed by atoms with Crippen molar-refractivity contribution in [3.05, 3.63) is 23.9 Å². The van der Waals surface area contributed by atoms with Crippen LogP contribution in [-0.2, 0) is 4.79 Å². The highest BCUT2D eigenvalue weighted by Crippen LogP contribution is 2.34. The van der Waals surface area contributed by atoms with Gasteiger partial charge in [0.2, 0.25) is 0 Å². The monoisotopic (exact) mass is 393 g/mol. The number of carbonyl (C=O) groups excluding carboxylic acids is 1. The maximum atomic E-state index is 13.4. The molecule has 1 unspecified atom stereocenters. The van der Waals surface area contributed by atoms with E-state index < -0.39 is 16.1 Å². The second-order valence-electron chi connectivity index (χ2n) is 8.40. The second-order valence-corrected chi connectivity index (χ2v) is 19.1. The van der Waals surface area contributed by atoms with Crippen molar-refractivity contribution in [2.75, 3.05) is 19.6 Å². The molecule has 0 bridgehead atoms. The molecule has 0 N–H and O–H groups in total. The van der Waals surface area contributed by atoms with E-state index in [9.17, 15) is 4.79 Å². The van der Waals surface area contributed by atoms with Crippen LogP contribution >= 0.6 is 0 Å². The summed E-state index contributed by atoms with van der Waals surface area (Å²) < 4.78 is 0. The largest absolute Gasteiger partial charge is 0.295 e. The summed E-state index contributed by atoms with van der Waals surface area (Å²) in [6.45, 7) is 20.7. The van der Waals surface area contributed by atoms with Crippen LogP contribution in [0.15, 0.2) is 23.9 Å². The van der Waals surface area contributed by atoms with Crippen LogP contribution in [0.25, 0.3) is 0 Å². The number of ketones is 1.